The van der Waals surface area contributed by atoms with E-state index in [-0.39, 0.29) is 0 Å². The first-order valence-corrected chi connectivity index (χ1v) is 12.7. The van der Waals surface area contributed by atoms with Gasteiger partial charge < -0.3 is 0 Å². The molecule has 6 rings (SSSR count). The van der Waals surface area contributed by atoms with Crippen molar-refractivity contribution in [3.63, 3.8) is 0 Å². The Morgan fingerprint density at radius 2 is 1.43 bits per heavy atom. The lowest BCUT2D eigenvalue weighted by atomic mass is 9.54. The molecular weight excluding hydrogens is 392 g/mol. The van der Waals surface area contributed by atoms with Crippen molar-refractivity contribution in [2.75, 3.05) is 26.2 Å². The Bertz CT molecular complexity index is 849. The normalized spacial score (nSPS) is 36.2. The molecule has 4 bridgehead atoms. The fraction of sp³-hybridized carbons (Fsp3) is 0.727. The molecule has 0 amide bonds. The van der Waals surface area contributed by atoms with Gasteiger partial charge >= 0.3 is 0 Å². The fourth-order valence-corrected chi connectivity index (χ4v) is 8.84. The molecular formula is C22H31ClN2O2S. The highest BCUT2D eigenvalue weighted by molar-refractivity contribution is 7.89. The Morgan fingerprint density at radius 1 is 0.857 bits per heavy atom. The third-order valence-corrected chi connectivity index (χ3v) is 10.4. The minimum Gasteiger partial charge on any atom is -0.297 e. The molecule has 28 heavy (non-hydrogen) atoms. The molecule has 1 aromatic rings. The number of piperazine rings is 1. The molecule has 6 heteroatoms. The van der Waals surface area contributed by atoms with Crippen LogP contribution < -0.4 is 0 Å². The highest BCUT2D eigenvalue weighted by atomic mass is 35.5. The first-order valence-electron chi connectivity index (χ1n) is 10.8. The molecule has 1 heterocycles. The van der Waals surface area contributed by atoms with E-state index in [0.29, 0.717) is 29.0 Å². The van der Waals surface area contributed by atoms with Gasteiger partial charge in [0.1, 0.15) is 0 Å². The topological polar surface area (TPSA) is 40.6 Å². The van der Waals surface area contributed by atoms with Gasteiger partial charge in [-0.25, -0.2) is 8.42 Å². The summed E-state index contributed by atoms with van der Waals surface area (Å²) >= 11 is 6.17. The monoisotopic (exact) mass is 422 g/mol. The van der Waals surface area contributed by atoms with Crippen LogP contribution in [0.5, 0.6) is 0 Å². The van der Waals surface area contributed by atoms with Crippen LogP contribution in [0.4, 0.5) is 0 Å². The second-order valence-electron chi connectivity index (χ2n) is 9.73. The summed E-state index contributed by atoms with van der Waals surface area (Å²) in [5, 5.41) is 0.628. The molecule has 1 saturated heterocycles. The van der Waals surface area contributed by atoms with Crippen LogP contribution in [0.2, 0.25) is 5.02 Å². The van der Waals surface area contributed by atoms with Gasteiger partial charge in [0.25, 0.3) is 0 Å². The van der Waals surface area contributed by atoms with E-state index in [2.05, 4.69) is 4.90 Å². The second kappa shape index (κ2) is 6.97. The molecule has 0 radical (unpaired) electrons. The molecule has 4 nitrogen and oxygen atoms in total. The van der Waals surface area contributed by atoms with Crippen LogP contribution in [0.3, 0.4) is 0 Å². The number of hydrogen-bond donors (Lipinski definition) is 0. The van der Waals surface area contributed by atoms with Gasteiger partial charge in [-0.15, -0.1) is 0 Å². The van der Waals surface area contributed by atoms with Crippen molar-refractivity contribution in [2.24, 2.45) is 23.7 Å². The van der Waals surface area contributed by atoms with Crippen molar-refractivity contribution >= 4 is 21.6 Å². The van der Waals surface area contributed by atoms with E-state index in [1.165, 1.54) is 32.1 Å². The third-order valence-electron chi connectivity index (χ3n) is 7.95. The SMILES string of the molecule is Cc1cc(S(=O)(=O)N2CCN(C3C4CC5CC(C4)CC3C5)CC2)c(C)cc1Cl. The Kier molecular flexibility index (Phi) is 4.82. The standard InChI is InChI=1S/C22H31ClN2O2S/c1-14-8-21(15(2)7-20(14)23)28(26,27)25-5-3-24(4-6-25)22-18-10-16-9-17(12-18)13-19(22)11-16/h7-8,16-19,22H,3-6,9-13H2,1-2H3. The summed E-state index contributed by atoms with van der Waals surface area (Å²) in [4.78, 5) is 3.05. The number of rotatable bonds is 3. The van der Waals surface area contributed by atoms with Crippen molar-refractivity contribution in [1.82, 2.24) is 9.21 Å². The Morgan fingerprint density at radius 3 is 2.00 bits per heavy atom. The molecule has 154 valence electrons. The van der Waals surface area contributed by atoms with Gasteiger partial charge in [0.15, 0.2) is 0 Å². The number of nitrogens with zero attached hydrogens (tertiary/aromatic N) is 2. The van der Waals surface area contributed by atoms with Gasteiger partial charge in [-0.1, -0.05) is 11.6 Å². The van der Waals surface area contributed by atoms with E-state index in [9.17, 15) is 8.42 Å². The van der Waals surface area contributed by atoms with E-state index < -0.39 is 10.0 Å². The summed E-state index contributed by atoms with van der Waals surface area (Å²) in [6.45, 7) is 6.66. The van der Waals surface area contributed by atoms with E-state index in [0.717, 1.165) is 47.9 Å². The lowest BCUT2D eigenvalue weighted by Gasteiger charge is -2.58. The molecule has 0 spiro atoms. The van der Waals surface area contributed by atoms with Crippen LogP contribution in [-0.2, 0) is 10.0 Å². The Balaban J connectivity index is 1.30. The molecule has 0 unspecified atom stereocenters. The van der Waals surface area contributed by atoms with E-state index in [1.54, 1.807) is 16.4 Å². The minimum atomic E-state index is -3.46. The smallest absolute Gasteiger partial charge is 0.243 e. The lowest BCUT2D eigenvalue weighted by Crippen LogP contribution is -2.60. The van der Waals surface area contributed by atoms with Gasteiger partial charge in [-0.3, -0.25) is 4.90 Å². The number of hydrogen-bond acceptors (Lipinski definition) is 3. The summed E-state index contributed by atoms with van der Waals surface area (Å²) in [5.74, 6) is 3.69. The maximum absolute atomic E-state index is 13.3. The summed E-state index contributed by atoms with van der Waals surface area (Å²) in [6.07, 6.45) is 7.14. The average Bonchev–Trinajstić information content (AvgIpc) is 2.64. The van der Waals surface area contributed by atoms with E-state index >= 15 is 0 Å². The van der Waals surface area contributed by atoms with E-state index in [4.69, 9.17) is 11.6 Å². The highest BCUT2D eigenvalue weighted by Gasteiger charge is 2.50. The molecule has 5 fully saturated rings. The number of benzene rings is 1. The molecule has 4 aliphatic carbocycles. The summed E-state index contributed by atoms with van der Waals surface area (Å²) in [5.41, 5.74) is 1.55. The highest BCUT2D eigenvalue weighted by Crippen LogP contribution is 2.55. The zero-order valence-electron chi connectivity index (χ0n) is 16.9. The van der Waals surface area contributed by atoms with Crippen molar-refractivity contribution in [3.8, 4) is 0 Å². The van der Waals surface area contributed by atoms with Crippen LogP contribution in [0.25, 0.3) is 0 Å². The zero-order chi connectivity index (χ0) is 19.6. The van der Waals surface area contributed by atoms with Crippen LogP contribution in [0, 0.1) is 37.5 Å². The molecule has 0 atom stereocenters. The van der Waals surface area contributed by atoms with Crippen molar-refractivity contribution in [1.29, 1.82) is 0 Å². The summed E-state index contributed by atoms with van der Waals surface area (Å²) in [7, 11) is -3.46. The lowest BCUT2D eigenvalue weighted by molar-refractivity contribution is -0.0720. The fourth-order valence-electron chi connectivity index (χ4n) is 6.91. The molecule has 1 aromatic carbocycles. The number of aryl methyl sites for hydroxylation is 2. The van der Waals surface area contributed by atoms with Gasteiger partial charge in [0.2, 0.25) is 10.0 Å². The first-order chi connectivity index (χ1) is 13.3. The maximum Gasteiger partial charge on any atom is 0.243 e. The van der Waals surface area contributed by atoms with Crippen LogP contribution in [0.1, 0.15) is 43.2 Å². The van der Waals surface area contributed by atoms with E-state index in [1.807, 2.05) is 13.8 Å². The quantitative estimate of drug-likeness (QED) is 0.736. The molecule has 1 aliphatic heterocycles. The van der Waals surface area contributed by atoms with Crippen molar-refractivity contribution in [3.05, 3.63) is 28.3 Å². The summed E-state index contributed by atoms with van der Waals surface area (Å²) < 4.78 is 28.2. The predicted molar refractivity (Wildman–Crippen MR) is 112 cm³/mol. The average molecular weight is 423 g/mol. The van der Waals surface area contributed by atoms with Gasteiger partial charge in [-0.05, 0) is 92.9 Å². The van der Waals surface area contributed by atoms with Gasteiger partial charge in [0, 0.05) is 37.2 Å². The Hall–Kier alpha value is -0.620. The minimum absolute atomic E-state index is 0.414. The number of halogens is 1. The van der Waals surface area contributed by atoms with Crippen molar-refractivity contribution < 1.29 is 8.42 Å². The molecule has 5 aliphatic rings. The van der Waals surface area contributed by atoms with Crippen LogP contribution >= 0.6 is 11.6 Å². The Labute approximate surface area is 174 Å². The summed E-state index contributed by atoms with van der Waals surface area (Å²) in [6, 6.07) is 4.21. The van der Waals surface area contributed by atoms with Gasteiger partial charge in [0.05, 0.1) is 4.90 Å². The second-order valence-corrected chi connectivity index (χ2v) is 12.0. The largest absolute Gasteiger partial charge is 0.297 e. The third kappa shape index (κ3) is 3.13. The molecule has 4 saturated carbocycles. The first kappa shape index (κ1) is 19.3. The molecule has 0 N–H and O–H groups in total. The van der Waals surface area contributed by atoms with Crippen LogP contribution in [0.15, 0.2) is 17.0 Å². The maximum atomic E-state index is 13.3. The predicted octanol–water partition coefficient (Wildman–Crippen LogP) is 4.09. The van der Waals surface area contributed by atoms with Gasteiger partial charge in [-0.2, -0.15) is 4.31 Å². The van der Waals surface area contributed by atoms with Crippen molar-refractivity contribution in [2.45, 2.75) is 56.9 Å². The van der Waals surface area contributed by atoms with Crippen LogP contribution in [-0.4, -0.2) is 49.8 Å². The number of sulfonamides is 1. The molecule has 0 aromatic heterocycles. The zero-order valence-corrected chi connectivity index (χ0v) is 18.5.